The molecule has 0 atom stereocenters. The van der Waals surface area contributed by atoms with E-state index >= 15 is 0 Å². The highest BCUT2D eigenvalue weighted by molar-refractivity contribution is 6.07. The van der Waals surface area contributed by atoms with E-state index in [4.69, 9.17) is 9.47 Å². The summed E-state index contributed by atoms with van der Waals surface area (Å²) in [6, 6.07) is 21.8. The van der Waals surface area contributed by atoms with Crippen LogP contribution in [0.4, 0.5) is 11.4 Å². The molecule has 0 unspecified atom stereocenters. The van der Waals surface area contributed by atoms with Crippen LogP contribution in [-0.4, -0.2) is 32.6 Å². The van der Waals surface area contributed by atoms with Gasteiger partial charge in [0.15, 0.2) is 11.5 Å². The van der Waals surface area contributed by atoms with Crippen molar-refractivity contribution < 1.29 is 19.1 Å². The first-order chi connectivity index (χ1) is 15.5. The Morgan fingerprint density at radius 1 is 0.906 bits per heavy atom. The molecule has 2 amide bonds. The molecule has 0 aromatic heterocycles. The topological polar surface area (TPSA) is 67.9 Å². The van der Waals surface area contributed by atoms with Crippen LogP contribution in [-0.2, 0) is 4.79 Å². The molecular weight excluding hydrogens is 404 g/mol. The summed E-state index contributed by atoms with van der Waals surface area (Å²) in [7, 11) is 3.13. The predicted molar refractivity (Wildman–Crippen MR) is 127 cm³/mol. The molecule has 0 aliphatic rings. The molecule has 1 N–H and O–H groups in total. The van der Waals surface area contributed by atoms with Gasteiger partial charge in [0.2, 0.25) is 5.91 Å². The van der Waals surface area contributed by atoms with Crippen molar-refractivity contribution in [1.29, 1.82) is 0 Å². The Balaban J connectivity index is 1.71. The lowest BCUT2D eigenvalue weighted by Crippen LogP contribution is -2.30. The number of hydrogen-bond donors (Lipinski definition) is 1. The minimum atomic E-state index is -0.306. The number of amides is 2. The fourth-order valence-electron chi connectivity index (χ4n) is 3.25. The number of methoxy groups -OCH3 is 2. The van der Waals surface area contributed by atoms with Gasteiger partial charge in [-0.05, 0) is 61.0 Å². The van der Waals surface area contributed by atoms with Gasteiger partial charge in [0.05, 0.1) is 14.2 Å². The van der Waals surface area contributed by atoms with E-state index in [0.717, 1.165) is 11.3 Å². The first-order valence-corrected chi connectivity index (χ1v) is 10.2. The summed E-state index contributed by atoms with van der Waals surface area (Å²) in [6.07, 6.45) is 3.11. The maximum absolute atomic E-state index is 13.0. The Bertz CT molecular complexity index is 1110. The van der Waals surface area contributed by atoms with Crippen LogP contribution in [0.5, 0.6) is 11.5 Å². The first kappa shape index (κ1) is 22.6. The Morgan fingerprint density at radius 2 is 1.66 bits per heavy atom. The van der Waals surface area contributed by atoms with E-state index in [2.05, 4.69) is 5.32 Å². The average Bonchev–Trinajstić information content (AvgIpc) is 2.83. The number of ether oxygens (including phenoxy) is 2. The number of hydrogen-bond acceptors (Lipinski definition) is 4. The number of anilines is 2. The third-order valence-corrected chi connectivity index (χ3v) is 4.84. The summed E-state index contributed by atoms with van der Waals surface area (Å²) >= 11 is 0. The minimum Gasteiger partial charge on any atom is -0.493 e. The standard InChI is InChI=1S/C26H26N2O4/c1-4-28(22-11-6-5-7-12-22)26(30)20-9-8-10-21(18-20)27-25(29)16-14-19-13-15-23(31-2)24(17-19)32-3/h5-18H,4H2,1-3H3,(H,27,29)/b16-14+. The summed E-state index contributed by atoms with van der Waals surface area (Å²) in [4.78, 5) is 27.1. The molecule has 0 saturated heterocycles. The number of nitrogens with one attached hydrogen (secondary N) is 1. The van der Waals surface area contributed by atoms with Gasteiger partial charge in [-0.3, -0.25) is 9.59 Å². The Kier molecular flexibility index (Phi) is 7.65. The molecule has 3 aromatic rings. The van der Waals surface area contributed by atoms with E-state index in [-0.39, 0.29) is 11.8 Å². The highest BCUT2D eigenvalue weighted by Gasteiger charge is 2.16. The number of carbonyl (C=O) groups is 2. The molecule has 0 fully saturated rings. The Hall–Kier alpha value is -4.06. The molecule has 6 nitrogen and oxygen atoms in total. The van der Waals surface area contributed by atoms with Crippen LogP contribution in [0.25, 0.3) is 6.08 Å². The summed E-state index contributed by atoms with van der Waals surface area (Å²) in [6.45, 7) is 2.46. The maximum atomic E-state index is 13.0. The number of para-hydroxylation sites is 1. The van der Waals surface area contributed by atoms with Crippen molar-refractivity contribution in [3.05, 3.63) is 90.0 Å². The number of nitrogens with zero attached hydrogens (tertiary/aromatic N) is 1. The Morgan fingerprint density at radius 3 is 2.34 bits per heavy atom. The highest BCUT2D eigenvalue weighted by atomic mass is 16.5. The predicted octanol–water partition coefficient (Wildman–Crippen LogP) is 5.02. The summed E-state index contributed by atoms with van der Waals surface area (Å²) < 4.78 is 10.5. The van der Waals surface area contributed by atoms with Gasteiger partial charge in [-0.1, -0.05) is 30.3 Å². The van der Waals surface area contributed by atoms with Gasteiger partial charge in [0, 0.05) is 29.6 Å². The third kappa shape index (κ3) is 5.55. The van der Waals surface area contributed by atoms with Crippen LogP contribution in [0, 0.1) is 0 Å². The second-order valence-electron chi connectivity index (χ2n) is 6.90. The van der Waals surface area contributed by atoms with E-state index in [1.54, 1.807) is 61.6 Å². The molecule has 0 saturated carbocycles. The molecule has 0 radical (unpaired) electrons. The Labute approximate surface area is 188 Å². The maximum Gasteiger partial charge on any atom is 0.258 e. The zero-order chi connectivity index (χ0) is 22.9. The minimum absolute atomic E-state index is 0.129. The van der Waals surface area contributed by atoms with Gasteiger partial charge in [-0.2, -0.15) is 0 Å². The van der Waals surface area contributed by atoms with E-state index in [1.165, 1.54) is 6.08 Å². The van der Waals surface area contributed by atoms with Crippen LogP contribution < -0.4 is 19.7 Å². The van der Waals surface area contributed by atoms with Crippen LogP contribution in [0.1, 0.15) is 22.8 Å². The van der Waals surface area contributed by atoms with Crippen molar-refractivity contribution in [3.63, 3.8) is 0 Å². The molecule has 32 heavy (non-hydrogen) atoms. The van der Waals surface area contributed by atoms with Gasteiger partial charge in [-0.15, -0.1) is 0 Å². The fraction of sp³-hybridized carbons (Fsp3) is 0.154. The lowest BCUT2D eigenvalue weighted by Gasteiger charge is -2.21. The van der Waals surface area contributed by atoms with Crippen molar-refractivity contribution in [2.24, 2.45) is 0 Å². The lowest BCUT2D eigenvalue weighted by atomic mass is 10.1. The smallest absolute Gasteiger partial charge is 0.258 e. The van der Waals surface area contributed by atoms with Crippen molar-refractivity contribution in [2.45, 2.75) is 6.92 Å². The third-order valence-electron chi connectivity index (χ3n) is 4.84. The summed E-state index contributed by atoms with van der Waals surface area (Å²) in [5.74, 6) is 0.767. The largest absolute Gasteiger partial charge is 0.493 e. The van der Waals surface area contributed by atoms with Gasteiger partial charge >= 0.3 is 0 Å². The molecule has 0 heterocycles. The summed E-state index contributed by atoms with van der Waals surface area (Å²) in [5.41, 5.74) is 2.66. The second-order valence-corrected chi connectivity index (χ2v) is 6.90. The molecule has 6 heteroatoms. The van der Waals surface area contributed by atoms with Gasteiger partial charge < -0.3 is 19.7 Å². The van der Waals surface area contributed by atoms with Crippen LogP contribution in [0.3, 0.4) is 0 Å². The highest BCUT2D eigenvalue weighted by Crippen LogP contribution is 2.28. The zero-order valence-corrected chi connectivity index (χ0v) is 18.4. The fourth-order valence-corrected chi connectivity index (χ4v) is 3.25. The first-order valence-electron chi connectivity index (χ1n) is 10.2. The molecule has 164 valence electrons. The number of rotatable bonds is 8. The molecule has 0 bridgehead atoms. The molecule has 0 spiro atoms. The number of carbonyl (C=O) groups excluding carboxylic acids is 2. The van der Waals surface area contributed by atoms with Crippen molar-refractivity contribution >= 4 is 29.3 Å². The zero-order valence-electron chi connectivity index (χ0n) is 18.4. The van der Waals surface area contributed by atoms with Crippen LogP contribution in [0.15, 0.2) is 78.9 Å². The SMILES string of the molecule is CCN(C(=O)c1cccc(NC(=O)/C=C/c2ccc(OC)c(OC)c2)c1)c1ccccc1. The molecule has 0 aliphatic heterocycles. The van der Waals surface area contributed by atoms with E-state index in [0.29, 0.717) is 29.3 Å². The lowest BCUT2D eigenvalue weighted by molar-refractivity contribution is -0.111. The quantitative estimate of drug-likeness (QED) is 0.510. The normalized spacial score (nSPS) is 10.6. The van der Waals surface area contributed by atoms with E-state index in [9.17, 15) is 9.59 Å². The molecule has 3 rings (SSSR count). The van der Waals surface area contributed by atoms with Gasteiger partial charge in [0.25, 0.3) is 5.91 Å². The molecule has 3 aromatic carbocycles. The number of benzene rings is 3. The van der Waals surface area contributed by atoms with Crippen LogP contribution >= 0.6 is 0 Å². The summed E-state index contributed by atoms with van der Waals surface area (Å²) in [5, 5.41) is 2.80. The van der Waals surface area contributed by atoms with Crippen LogP contribution in [0.2, 0.25) is 0 Å². The van der Waals surface area contributed by atoms with Gasteiger partial charge in [-0.25, -0.2) is 0 Å². The van der Waals surface area contributed by atoms with Crippen molar-refractivity contribution in [1.82, 2.24) is 0 Å². The second kappa shape index (κ2) is 10.8. The van der Waals surface area contributed by atoms with E-state index < -0.39 is 0 Å². The average molecular weight is 431 g/mol. The van der Waals surface area contributed by atoms with Crippen molar-refractivity contribution in [3.8, 4) is 11.5 Å². The molecule has 0 aliphatic carbocycles. The monoisotopic (exact) mass is 430 g/mol. The van der Waals surface area contributed by atoms with E-state index in [1.807, 2.05) is 43.3 Å². The molecular formula is C26H26N2O4. The van der Waals surface area contributed by atoms with Gasteiger partial charge in [0.1, 0.15) is 0 Å². The van der Waals surface area contributed by atoms with Crippen molar-refractivity contribution in [2.75, 3.05) is 31.0 Å².